The van der Waals surface area contributed by atoms with Crippen LogP contribution in [0.5, 0.6) is 0 Å². The van der Waals surface area contributed by atoms with E-state index >= 15 is 0 Å². The summed E-state index contributed by atoms with van der Waals surface area (Å²) in [6, 6.07) is 0. The van der Waals surface area contributed by atoms with Gasteiger partial charge in [-0.05, 0) is 12.2 Å². The van der Waals surface area contributed by atoms with E-state index in [-0.39, 0.29) is 0 Å². The fourth-order valence-corrected chi connectivity index (χ4v) is 0.357. The summed E-state index contributed by atoms with van der Waals surface area (Å²) in [5, 5.41) is 0. The maximum absolute atomic E-state index is 9.53. The zero-order valence-electron chi connectivity index (χ0n) is 3.55. The first-order chi connectivity index (χ1) is 2.91. The topological polar surface area (TPSA) is 17.1 Å². The first-order valence-corrected chi connectivity index (χ1v) is 2.59. The highest BCUT2D eigenvalue weighted by molar-refractivity contribution is 7.80. The molecule has 0 fully saturated rings. The predicted molar refractivity (Wildman–Crippen MR) is 29.2 cm³/mol. The normalized spacial score (nSPS) is 8.17. The van der Waals surface area contributed by atoms with E-state index in [0.717, 1.165) is 18.5 Å². The van der Waals surface area contributed by atoms with Crippen LogP contribution in [0, 0.1) is 0 Å². The highest BCUT2D eigenvalue weighted by atomic mass is 32.1. The second-order valence-corrected chi connectivity index (χ2v) is 1.48. The van der Waals surface area contributed by atoms with Gasteiger partial charge in [-0.3, -0.25) is 0 Å². The van der Waals surface area contributed by atoms with Crippen molar-refractivity contribution < 1.29 is 4.79 Å². The molecular weight excluding hydrogens is 96.1 g/mol. The number of thiol groups is 1. The molecule has 0 radical (unpaired) electrons. The Hall–Kier alpha value is 0.0200. The molecular formula is C4H8OS. The number of unbranched alkanes of at least 4 members (excludes halogenated alkanes) is 1. The summed E-state index contributed by atoms with van der Waals surface area (Å²) in [6.45, 7) is 0. The Kier molecular flexibility index (Phi) is 5.04. The van der Waals surface area contributed by atoms with Gasteiger partial charge in [-0.1, -0.05) is 0 Å². The molecule has 36 valence electrons. The van der Waals surface area contributed by atoms with Crippen LogP contribution < -0.4 is 0 Å². The second-order valence-electron chi connectivity index (χ2n) is 1.03. The van der Waals surface area contributed by atoms with Gasteiger partial charge in [0.05, 0.1) is 0 Å². The summed E-state index contributed by atoms with van der Waals surface area (Å²) in [5.41, 5.74) is 0. The average molecular weight is 104 g/mol. The maximum atomic E-state index is 9.53. The van der Waals surface area contributed by atoms with E-state index < -0.39 is 0 Å². The Morgan fingerprint density at radius 2 is 2.33 bits per heavy atom. The number of aldehydes is 1. The van der Waals surface area contributed by atoms with Gasteiger partial charge < -0.3 is 4.79 Å². The molecule has 0 aliphatic rings. The average Bonchev–Trinajstić information content (AvgIpc) is 1.61. The summed E-state index contributed by atoms with van der Waals surface area (Å²) >= 11 is 3.90. The van der Waals surface area contributed by atoms with Crippen molar-refractivity contribution >= 4 is 18.9 Å². The number of carbonyl (C=O) groups is 1. The molecule has 0 aromatic heterocycles. The smallest absolute Gasteiger partial charge is 0.120 e. The molecule has 1 nitrogen and oxygen atoms in total. The lowest BCUT2D eigenvalue weighted by atomic mass is 10.4. The minimum atomic E-state index is 0.656. The van der Waals surface area contributed by atoms with Crippen molar-refractivity contribution in [1.82, 2.24) is 0 Å². The monoisotopic (exact) mass is 104 g/mol. The van der Waals surface area contributed by atoms with Crippen molar-refractivity contribution in [3.05, 3.63) is 0 Å². The van der Waals surface area contributed by atoms with Crippen LogP contribution in [-0.2, 0) is 4.79 Å². The molecule has 0 saturated heterocycles. The van der Waals surface area contributed by atoms with Crippen LogP contribution >= 0.6 is 12.6 Å². The summed E-state index contributed by atoms with van der Waals surface area (Å²) in [6.07, 6.45) is 2.48. The Labute approximate surface area is 43.2 Å². The summed E-state index contributed by atoms with van der Waals surface area (Å²) in [4.78, 5) is 9.53. The zero-order valence-corrected chi connectivity index (χ0v) is 4.45. The molecule has 0 bridgehead atoms. The lowest BCUT2D eigenvalue weighted by molar-refractivity contribution is -0.107. The van der Waals surface area contributed by atoms with Crippen LogP contribution in [0.25, 0.3) is 0 Å². The molecule has 0 saturated carbocycles. The number of carbonyl (C=O) groups excluding carboxylic acids is 1. The van der Waals surface area contributed by atoms with Gasteiger partial charge in [0, 0.05) is 6.42 Å². The maximum Gasteiger partial charge on any atom is 0.120 e. The summed E-state index contributed by atoms with van der Waals surface area (Å²) in [5.74, 6) is 0.818. The van der Waals surface area contributed by atoms with E-state index in [2.05, 4.69) is 12.6 Å². The van der Waals surface area contributed by atoms with Crippen LogP contribution in [0.2, 0.25) is 0 Å². The van der Waals surface area contributed by atoms with E-state index in [9.17, 15) is 4.79 Å². The number of hydrogen-bond donors (Lipinski definition) is 1. The van der Waals surface area contributed by atoms with Crippen molar-refractivity contribution in [2.75, 3.05) is 5.75 Å². The molecule has 0 spiro atoms. The van der Waals surface area contributed by atoms with Crippen LogP contribution in [0.15, 0.2) is 0 Å². The molecule has 0 aliphatic carbocycles. The standard InChI is InChI=1S/C4H8OS/c5-3-1-2-4-6/h3,6H,1-2,4H2. The Bertz CT molecular complexity index is 36.5. The van der Waals surface area contributed by atoms with E-state index in [1.807, 2.05) is 0 Å². The van der Waals surface area contributed by atoms with E-state index in [1.165, 1.54) is 0 Å². The third-order valence-electron chi connectivity index (χ3n) is 0.480. The number of hydrogen-bond acceptors (Lipinski definition) is 2. The van der Waals surface area contributed by atoms with Crippen LogP contribution in [0.1, 0.15) is 12.8 Å². The predicted octanol–water partition coefficient (Wildman–Crippen LogP) is 0.895. The van der Waals surface area contributed by atoms with Gasteiger partial charge in [-0.15, -0.1) is 0 Å². The van der Waals surface area contributed by atoms with Crippen LogP contribution in [0.3, 0.4) is 0 Å². The minimum absolute atomic E-state index is 0.656. The molecule has 0 aliphatic heterocycles. The molecule has 0 atom stereocenters. The van der Waals surface area contributed by atoms with Crippen molar-refractivity contribution in [2.24, 2.45) is 0 Å². The van der Waals surface area contributed by atoms with E-state index in [4.69, 9.17) is 0 Å². The lowest BCUT2D eigenvalue weighted by Gasteiger charge is -1.78. The van der Waals surface area contributed by atoms with Gasteiger partial charge in [0.25, 0.3) is 0 Å². The lowest BCUT2D eigenvalue weighted by Crippen LogP contribution is -1.74. The van der Waals surface area contributed by atoms with E-state index in [0.29, 0.717) is 6.42 Å². The summed E-state index contributed by atoms with van der Waals surface area (Å²) < 4.78 is 0. The molecule has 0 rings (SSSR count). The van der Waals surface area contributed by atoms with Gasteiger partial charge in [0.1, 0.15) is 6.29 Å². The van der Waals surface area contributed by atoms with Gasteiger partial charge in [-0.25, -0.2) is 0 Å². The molecule has 2 heteroatoms. The van der Waals surface area contributed by atoms with Crippen molar-refractivity contribution in [1.29, 1.82) is 0 Å². The first kappa shape index (κ1) is 6.02. The van der Waals surface area contributed by atoms with Gasteiger partial charge >= 0.3 is 0 Å². The molecule has 0 unspecified atom stereocenters. The molecule has 0 amide bonds. The quantitative estimate of drug-likeness (QED) is 0.320. The van der Waals surface area contributed by atoms with Gasteiger partial charge in [0.15, 0.2) is 0 Å². The van der Waals surface area contributed by atoms with Gasteiger partial charge in [0.2, 0.25) is 0 Å². The first-order valence-electron chi connectivity index (χ1n) is 1.96. The minimum Gasteiger partial charge on any atom is -0.303 e. The molecule has 0 N–H and O–H groups in total. The molecule has 0 heterocycles. The second kappa shape index (κ2) is 5.02. The van der Waals surface area contributed by atoms with Gasteiger partial charge in [-0.2, -0.15) is 12.6 Å². The van der Waals surface area contributed by atoms with E-state index in [1.54, 1.807) is 0 Å². The van der Waals surface area contributed by atoms with Crippen LogP contribution in [-0.4, -0.2) is 12.0 Å². The van der Waals surface area contributed by atoms with Crippen LogP contribution in [0.4, 0.5) is 0 Å². The fourth-order valence-electron chi connectivity index (χ4n) is 0.175. The highest BCUT2D eigenvalue weighted by Gasteiger charge is 1.75. The largest absolute Gasteiger partial charge is 0.303 e. The fraction of sp³-hybridized carbons (Fsp3) is 0.750. The van der Waals surface area contributed by atoms with Crippen molar-refractivity contribution in [3.8, 4) is 0 Å². The third kappa shape index (κ3) is 4.02. The summed E-state index contributed by atoms with van der Waals surface area (Å²) in [7, 11) is 0. The SMILES string of the molecule is O=CCCCS. The van der Waals surface area contributed by atoms with Crippen molar-refractivity contribution in [2.45, 2.75) is 12.8 Å². The Morgan fingerprint density at radius 3 is 2.50 bits per heavy atom. The Balaban J connectivity index is 2.49. The zero-order chi connectivity index (χ0) is 4.83. The third-order valence-corrected chi connectivity index (χ3v) is 0.796. The molecule has 6 heavy (non-hydrogen) atoms. The van der Waals surface area contributed by atoms with Crippen molar-refractivity contribution in [3.63, 3.8) is 0 Å². The Morgan fingerprint density at radius 1 is 1.67 bits per heavy atom. The molecule has 0 aromatic carbocycles. The molecule has 0 aromatic rings. The number of rotatable bonds is 3. The highest BCUT2D eigenvalue weighted by Crippen LogP contribution is 1.84.